The van der Waals surface area contributed by atoms with Crippen molar-refractivity contribution < 1.29 is 17.9 Å². The minimum atomic E-state index is -1.30. The molecule has 0 aliphatic heterocycles. The average Bonchev–Trinajstić information content (AvgIpc) is 2.33. The van der Waals surface area contributed by atoms with Crippen molar-refractivity contribution in [1.82, 2.24) is 15.0 Å². The summed E-state index contributed by atoms with van der Waals surface area (Å²) in [6, 6.07) is 0.886. The van der Waals surface area contributed by atoms with Gasteiger partial charge in [-0.05, 0) is 6.07 Å². The quantitative estimate of drug-likeness (QED) is 0.825. The van der Waals surface area contributed by atoms with Crippen LogP contribution in [-0.4, -0.2) is 22.1 Å². The molecule has 0 radical (unpaired) electrons. The Bertz CT molecular complexity index is 606. The molecule has 0 saturated heterocycles. The molecule has 0 amide bonds. The third-order valence-corrected chi connectivity index (χ3v) is 2.07. The molecule has 8 heteroatoms. The molecule has 5 nitrogen and oxygen atoms in total. The summed E-state index contributed by atoms with van der Waals surface area (Å²) >= 11 is 0. The van der Waals surface area contributed by atoms with E-state index in [2.05, 4.69) is 15.0 Å². The number of rotatable bonds is 2. The molecular formula is C10H7F3N4O. The summed E-state index contributed by atoms with van der Waals surface area (Å²) in [5, 5.41) is 0. The molecule has 0 bridgehead atoms. The Balaban J connectivity index is 2.61. The van der Waals surface area contributed by atoms with Crippen LogP contribution in [-0.2, 0) is 0 Å². The Kier molecular flexibility index (Phi) is 3.00. The van der Waals surface area contributed by atoms with Gasteiger partial charge in [0.25, 0.3) is 0 Å². The SMILES string of the molecule is COc1nc(N)nc(-c2cc(F)c(F)cc2F)n1. The summed E-state index contributed by atoms with van der Waals surface area (Å²) in [5.74, 6) is -3.99. The number of hydrogen-bond acceptors (Lipinski definition) is 5. The Morgan fingerprint density at radius 2 is 1.67 bits per heavy atom. The van der Waals surface area contributed by atoms with Crippen LogP contribution in [0.2, 0.25) is 0 Å². The fourth-order valence-electron chi connectivity index (χ4n) is 1.28. The maximum Gasteiger partial charge on any atom is 0.321 e. The minimum absolute atomic E-state index is 0.151. The smallest absolute Gasteiger partial charge is 0.321 e. The number of nitrogens with two attached hydrogens (primary N) is 1. The van der Waals surface area contributed by atoms with Gasteiger partial charge in [-0.3, -0.25) is 0 Å². The van der Waals surface area contributed by atoms with Gasteiger partial charge in [-0.1, -0.05) is 0 Å². The third kappa shape index (κ3) is 2.17. The Hall–Kier alpha value is -2.38. The first-order chi connectivity index (χ1) is 8.51. The molecule has 0 saturated carbocycles. The van der Waals surface area contributed by atoms with Gasteiger partial charge in [0, 0.05) is 6.07 Å². The largest absolute Gasteiger partial charge is 0.467 e. The lowest BCUT2D eigenvalue weighted by Crippen LogP contribution is -2.04. The zero-order valence-corrected chi connectivity index (χ0v) is 9.12. The van der Waals surface area contributed by atoms with Crippen LogP contribution < -0.4 is 10.5 Å². The van der Waals surface area contributed by atoms with E-state index in [0.29, 0.717) is 12.1 Å². The molecule has 0 fully saturated rings. The number of nitrogen functional groups attached to an aromatic ring is 1. The first kappa shape index (κ1) is 12.1. The summed E-state index contributed by atoms with van der Waals surface area (Å²) in [4.78, 5) is 10.9. The lowest BCUT2D eigenvalue weighted by molar-refractivity contribution is 0.379. The van der Waals surface area contributed by atoms with E-state index in [1.54, 1.807) is 0 Å². The van der Waals surface area contributed by atoms with Gasteiger partial charge in [-0.2, -0.15) is 15.0 Å². The number of benzene rings is 1. The fraction of sp³-hybridized carbons (Fsp3) is 0.100. The molecular weight excluding hydrogens is 249 g/mol. The normalized spacial score (nSPS) is 10.4. The van der Waals surface area contributed by atoms with Gasteiger partial charge in [0.1, 0.15) is 5.82 Å². The monoisotopic (exact) mass is 256 g/mol. The molecule has 2 N–H and O–H groups in total. The number of nitrogens with zero attached hydrogens (tertiary/aromatic N) is 3. The van der Waals surface area contributed by atoms with Gasteiger partial charge in [0.2, 0.25) is 5.95 Å². The molecule has 2 aromatic rings. The number of ether oxygens (including phenoxy) is 1. The molecule has 2 rings (SSSR count). The highest BCUT2D eigenvalue weighted by atomic mass is 19.2. The van der Waals surface area contributed by atoms with Crippen LogP contribution in [0.4, 0.5) is 19.1 Å². The van der Waals surface area contributed by atoms with E-state index in [-0.39, 0.29) is 23.3 Å². The number of anilines is 1. The molecule has 1 aromatic heterocycles. The van der Waals surface area contributed by atoms with E-state index in [4.69, 9.17) is 10.5 Å². The van der Waals surface area contributed by atoms with Crippen molar-refractivity contribution in [2.24, 2.45) is 0 Å². The van der Waals surface area contributed by atoms with E-state index in [1.165, 1.54) is 7.11 Å². The maximum absolute atomic E-state index is 13.5. The molecule has 0 unspecified atom stereocenters. The second-order valence-corrected chi connectivity index (χ2v) is 3.25. The van der Waals surface area contributed by atoms with Crippen LogP contribution in [0, 0.1) is 17.5 Å². The van der Waals surface area contributed by atoms with E-state index < -0.39 is 17.5 Å². The molecule has 94 valence electrons. The topological polar surface area (TPSA) is 73.9 Å². The van der Waals surface area contributed by atoms with Crippen molar-refractivity contribution >= 4 is 5.95 Å². The number of aromatic nitrogens is 3. The van der Waals surface area contributed by atoms with Crippen molar-refractivity contribution in [3.8, 4) is 17.4 Å². The number of methoxy groups -OCH3 is 1. The van der Waals surface area contributed by atoms with Gasteiger partial charge in [0.05, 0.1) is 12.7 Å². The molecule has 1 heterocycles. The second-order valence-electron chi connectivity index (χ2n) is 3.25. The molecule has 18 heavy (non-hydrogen) atoms. The Labute approximate surface area is 99.5 Å². The number of hydrogen-bond donors (Lipinski definition) is 1. The van der Waals surface area contributed by atoms with Crippen LogP contribution in [0.5, 0.6) is 6.01 Å². The highest BCUT2D eigenvalue weighted by molar-refractivity contribution is 5.57. The first-order valence-electron chi connectivity index (χ1n) is 4.71. The van der Waals surface area contributed by atoms with Gasteiger partial charge in [-0.15, -0.1) is 0 Å². The van der Waals surface area contributed by atoms with E-state index in [0.717, 1.165) is 0 Å². The van der Waals surface area contributed by atoms with Crippen molar-refractivity contribution in [1.29, 1.82) is 0 Å². The van der Waals surface area contributed by atoms with Gasteiger partial charge in [0.15, 0.2) is 17.5 Å². The highest BCUT2D eigenvalue weighted by Gasteiger charge is 2.15. The third-order valence-electron chi connectivity index (χ3n) is 2.07. The van der Waals surface area contributed by atoms with Crippen LogP contribution in [0.15, 0.2) is 12.1 Å². The van der Waals surface area contributed by atoms with Gasteiger partial charge in [-0.25, -0.2) is 13.2 Å². The van der Waals surface area contributed by atoms with Crippen LogP contribution in [0.1, 0.15) is 0 Å². The van der Waals surface area contributed by atoms with Crippen molar-refractivity contribution in [2.45, 2.75) is 0 Å². The molecule has 0 atom stereocenters. The van der Waals surface area contributed by atoms with Crippen molar-refractivity contribution in [3.63, 3.8) is 0 Å². The average molecular weight is 256 g/mol. The summed E-state index contributed by atoms with van der Waals surface area (Å²) < 4.78 is 44.0. The fourth-order valence-corrected chi connectivity index (χ4v) is 1.28. The first-order valence-corrected chi connectivity index (χ1v) is 4.71. The highest BCUT2D eigenvalue weighted by Crippen LogP contribution is 2.23. The Morgan fingerprint density at radius 3 is 2.33 bits per heavy atom. The molecule has 1 aromatic carbocycles. The van der Waals surface area contributed by atoms with Crippen LogP contribution in [0.3, 0.4) is 0 Å². The second kappa shape index (κ2) is 4.47. The Morgan fingerprint density at radius 1 is 1.00 bits per heavy atom. The lowest BCUT2D eigenvalue weighted by Gasteiger charge is -2.05. The van der Waals surface area contributed by atoms with Crippen molar-refractivity contribution in [2.75, 3.05) is 12.8 Å². The zero-order valence-electron chi connectivity index (χ0n) is 9.12. The van der Waals surface area contributed by atoms with Crippen LogP contribution in [0.25, 0.3) is 11.4 Å². The van der Waals surface area contributed by atoms with Crippen molar-refractivity contribution in [3.05, 3.63) is 29.6 Å². The summed E-state index contributed by atoms with van der Waals surface area (Å²) in [7, 11) is 1.28. The standard InChI is InChI=1S/C10H7F3N4O/c1-18-10-16-8(15-9(14)17-10)4-2-6(12)7(13)3-5(4)11/h2-3H,1H3,(H2,14,15,16,17). The minimum Gasteiger partial charge on any atom is -0.467 e. The van der Waals surface area contributed by atoms with Gasteiger partial charge < -0.3 is 10.5 Å². The summed E-state index contributed by atoms with van der Waals surface area (Å²) in [6.45, 7) is 0. The number of halogens is 3. The zero-order chi connectivity index (χ0) is 13.3. The van der Waals surface area contributed by atoms with E-state index in [1.807, 2.05) is 0 Å². The molecule has 0 aliphatic carbocycles. The lowest BCUT2D eigenvalue weighted by atomic mass is 10.2. The van der Waals surface area contributed by atoms with Gasteiger partial charge >= 0.3 is 6.01 Å². The van der Waals surface area contributed by atoms with E-state index in [9.17, 15) is 13.2 Å². The maximum atomic E-state index is 13.5. The molecule has 0 spiro atoms. The predicted molar refractivity (Wildman–Crippen MR) is 56.1 cm³/mol. The summed E-state index contributed by atoms with van der Waals surface area (Å²) in [6.07, 6.45) is 0. The summed E-state index contributed by atoms with van der Waals surface area (Å²) in [5.41, 5.74) is 5.03. The van der Waals surface area contributed by atoms with Crippen LogP contribution >= 0.6 is 0 Å². The van der Waals surface area contributed by atoms with E-state index >= 15 is 0 Å². The molecule has 0 aliphatic rings. The predicted octanol–water partition coefficient (Wildman–Crippen LogP) is 1.55.